The summed E-state index contributed by atoms with van der Waals surface area (Å²) in [5, 5.41) is 3.61. The average molecular weight is 261 g/mol. The fourth-order valence-electron chi connectivity index (χ4n) is 2.77. The van der Waals surface area contributed by atoms with Gasteiger partial charge in [-0.1, -0.05) is 33.8 Å². The van der Waals surface area contributed by atoms with Gasteiger partial charge < -0.3 is 10.1 Å². The van der Waals surface area contributed by atoms with E-state index in [9.17, 15) is 0 Å². The molecular formula is C17H27NO. The van der Waals surface area contributed by atoms with E-state index < -0.39 is 0 Å². The van der Waals surface area contributed by atoms with E-state index in [-0.39, 0.29) is 5.41 Å². The lowest BCUT2D eigenvalue weighted by molar-refractivity contribution is 0.313. The van der Waals surface area contributed by atoms with Crippen LogP contribution in [-0.4, -0.2) is 13.2 Å². The Morgan fingerprint density at radius 3 is 2.68 bits per heavy atom. The Hall–Kier alpha value is -1.02. The molecule has 1 atom stereocenters. The first-order chi connectivity index (χ1) is 8.93. The summed E-state index contributed by atoms with van der Waals surface area (Å²) < 4.78 is 5.98. The number of aryl methyl sites for hydroxylation is 1. The van der Waals surface area contributed by atoms with Crippen LogP contribution in [0.15, 0.2) is 12.1 Å². The highest BCUT2D eigenvalue weighted by Gasteiger charge is 2.24. The third-order valence-corrected chi connectivity index (χ3v) is 3.88. The van der Waals surface area contributed by atoms with Crippen LogP contribution in [0.25, 0.3) is 0 Å². The van der Waals surface area contributed by atoms with Crippen molar-refractivity contribution < 1.29 is 4.74 Å². The van der Waals surface area contributed by atoms with Crippen molar-refractivity contribution in [2.24, 2.45) is 0 Å². The van der Waals surface area contributed by atoms with E-state index in [2.05, 4.69) is 52.1 Å². The first-order valence-corrected chi connectivity index (χ1v) is 7.44. The molecular weight excluding hydrogens is 234 g/mol. The Morgan fingerprint density at radius 1 is 1.32 bits per heavy atom. The van der Waals surface area contributed by atoms with Crippen LogP contribution >= 0.6 is 0 Å². The molecule has 1 aromatic carbocycles. The zero-order valence-electron chi connectivity index (χ0n) is 13.0. The Balaban J connectivity index is 2.50. The molecule has 106 valence electrons. The SMILES string of the molecule is CCNC1CCCOc2c(C)cc(C(C)(C)C)cc21. The van der Waals surface area contributed by atoms with Crippen molar-refractivity contribution in [2.75, 3.05) is 13.2 Å². The van der Waals surface area contributed by atoms with Crippen LogP contribution in [-0.2, 0) is 5.41 Å². The first-order valence-electron chi connectivity index (χ1n) is 7.44. The lowest BCUT2D eigenvalue weighted by Gasteiger charge is -2.25. The lowest BCUT2D eigenvalue weighted by atomic mass is 9.83. The highest BCUT2D eigenvalue weighted by molar-refractivity contribution is 5.48. The predicted octanol–water partition coefficient (Wildman–Crippen LogP) is 4.12. The van der Waals surface area contributed by atoms with Crippen molar-refractivity contribution in [3.8, 4) is 5.75 Å². The standard InChI is InChI=1S/C17H27NO/c1-6-18-15-8-7-9-19-16-12(2)10-13(11-14(15)16)17(3,4)5/h10-11,15,18H,6-9H2,1-5H3. The molecule has 1 aliphatic heterocycles. The van der Waals surface area contributed by atoms with Gasteiger partial charge in [-0.05, 0) is 48.9 Å². The molecule has 1 N–H and O–H groups in total. The molecule has 0 spiro atoms. The molecule has 2 nitrogen and oxygen atoms in total. The molecule has 0 fully saturated rings. The molecule has 19 heavy (non-hydrogen) atoms. The zero-order chi connectivity index (χ0) is 14.0. The highest BCUT2D eigenvalue weighted by Crippen LogP contribution is 2.37. The molecule has 0 saturated heterocycles. The number of benzene rings is 1. The summed E-state index contributed by atoms with van der Waals surface area (Å²) >= 11 is 0. The summed E-state index contributed by atoms with van der Waals surface area (Å²) in [6.07, 6.45) is 2.28. The number of hydrogen-bond acceptors (Lipinski definition) is 2. The van der Waals surface area contributed by atoms with Crippen molar-refractivity contribution in [3.05, 3.63) is 28.8 Å². The van der Waals surface area contributed by atoms with Gasteiger partial charge in [-0.3, -0.25) is 0 Å². The molecule has 1 unspecified atom stereocenters. The minimum atomic E-state index is 0.183. The number of fused-ring (bicyclic) bond motifs is 1. The zero-order valence-corrected chi connectivity index (χ0v) is 13.0. The normalized spacial score (nSPS) is 19.5. The van der Waals surface area contributed by atoms with E-state index >= 15 is 0 Å². The lowest BCUT2D eigenvalue weighted by Crippen LogP contribution is -2.21. The van der Waals surface area contributed by atoms with Crippen LogP contribution in [0.2, 0.25) is 0 Å². The third-order valence-electron chi connectivity index (χ3n) is 3.88. The van der Waals surface area contributed by atoms with Crippen molar-refractivity contribution in [1.82, 2.24) is 5.32 Å². The van der Waals surface area contributed by atoms with Gasteiger partial charge in [0.15, 0.2) is 0 Å². The Labute approximate surface area is 117 Å². The second kappa shape index (κ2) is 5.54. The van der Waals surface area contributed by atoms with Crippen LogP contribution in [0.1, 0.15) is 63.3 Å². The first kappa shape index (κ1) is 14.4. The van der Waals surface area contributed by atoms with E-state index in [1.54, 1.807) is 0 Å². The number of hydrogen-bond donors (Lipinski definition) is 1. The van der Waals surface area contributed by atoms with Crippen molar-refractivity contribution in [2.45, 2.75) is 58.9 Å². The van der Waals surface area contributed by atoms with Crippen molar-refractivity contribution in [3.63, 3.8) is 0 Å². The second-order valence-electron chi connectivity index (χ2n) is 6.56. The van der Waals surface area contributed by atoms with Crippen LogP contribution in [0, 0.1) is 6.92 Å². The van der Waals surface area contributed by atoms with E-state index in [0.29, 0.717) is 6.04 Å². The highest BCUT2D eigenvalue weighted by atomic mass is 16.5. The number of nitrogens with one attached hydrogen (secondary N) is 1. The summed E-state index contributed by atoms with van der Waals surface area (Å²) in [5.41, 5.74) is 4.21. The Morgan fingerprint density at radius 2 is 2.05 bits per heavy atom. The molecule has 0 bridgehead atoms. The largest absolute Gasteiger partial charge is 0.493 e. The molecule has 0 aliphatic carbocycles. The molecule has 0 radical (unpaired) electrons. The van der Waals surface area contributed by atoms with Gasteiger partial charge in [-0.25, -0.2) is 0 Å². The minimum absolute atomic E-state index is 0.183. The Bertz CT molecular complexity index is 445. The van der Waals surface area contributed by atoms with Crippen LogP contribution < -0.4 is 10.1 Å². The van der Waals surface area contributed by atoms with E-state index in [0.717, 1.165) is 31.7 Å². The summed E-state index contributed by atoms with van der Waals surface area (Å²) in [6, 6.07) is 5.07. The van der Waals surface area contributed by atoms with E-state index in [4.69, 9.17) is 4.74 Å². The predicted molar refractivity (Wildman–Crippen MR) is 81.0 cm³/mol. The van der Waals surface area contributed by atoms with Gasteiger partial charge in [0.1, 0.15) is 5.75 Å². The van der Waals surface area contributed by atoms with Gasteiger partial charge in [0.05, 0.1) is 6.61 Å². The maximum atomic E-state index is 5.98. The average Bonchev–Trinajstić information content (AvgIpc) is 2.52. The van der Waals surface area contributed by atoms with Crippen LogP contribution in [0.5, 0.6) is 5.75 Å². The summed E-state index contributed by atoms with van der Waals surface area (Å²) in [4.78, 5) is 0. The van der Waals surface area contributed by atoms with E-state index in [1.807, 2.05) is 0 Å². The van der Waals surface area contributed by atoms with Crippen molar-refractivity contribution >= 4 is 0 Å². The smallest absolute Gasteiger partial charge is 0.126 e. The van der Waals surface area contributed by atoms with Gasteiger partial charge in [0.25, 0.3) is 0 Å². The topological polar surface area (TPSA) is 21.3 Å². The van der Waals surface area contributed by atoms with Crippen LogP contribution in [0.3, 0.4) is 0 Å². The maximum absolute atomic E-state index is 5.98. The Kier molecular flexibility index (Phi) is 4.19. The quantitative estimate of drug-likeness (QED) is 0.865. The fraction of sp³-hybridized carbons (Fsp3) is 0.647. The molecule has 0 saturated carbocycles. The molecule has 2 rings (SSSR count). The molecule has 2 heteroatoms. The summed E-state index contributed by atoms with van der Waals surface area (Å²) in [7, 11) is 0. The summed E-state index contributed by atoms with van der Waals surface area (Å²) in [5.74, 6) is 1.11. The van der Waals surface area contributed by atoms with Crippen molar-refractivity contribution in [1.29, 1.82) is 0 Å². The monoisotopic (exact) mass is 261 g/mol. The van der Waals surface area contributed by atoms with Gasteiger partial charge in [-0.15, -0.1) is 0 Å². The molecule has 1 aromatic rings. The van der Waals surface area contributed by atoms with Gasteiger partial charge in [0.2, 0.25) is 0 Å². The van der Waals surface area contributed by atoms with Gasteiger partial charge in [0, 0.05) is 11.6 Å². The van der Waals surface area contributed by atoms with Crippen LogP contribution in [0.4, 0.5) is 0 Å². The molecule has 1 aliphatic rings. The maximum Gasteiger partial charge on any atom is 0.126 e. The number of rotatable bonds is 2. The number of ether oxygens (including phenoxy) is 1. The molecule has 0 aromatic heterocycles. The summed E-state index contributed by atoms with van der Waals surface area (Å²) in [6.45, 7) is 13.0. The van der Waals surface area contributed by atoms with Gasteiger partial charge >= 0.3 is 0 Å². The van der Waals surface area contributed by atoms with E-state index in [1.165, 1.54) is 16.7 Å². The molecule has 0 amide bonds. The second-order valence-corrected chi connectivity index (χ2v) is 6.56. The molecule has 1 heterocycles. The van der Waals surface area contributed by atoms with Gasteiger partial charge in [-0.2, -0.15) is 0 Å². The third kappa shape index (κ3) is 3.11. The minimum Gasteiger partial charge on any atom is -0.493 e. The fourth-order valence-corrected chi connectivity index (χ4v) is 2.77.